The molecule has 4 aromatic rings. The van der Waals surface area contributed by atoms with Crippen LogP contribution in [0, 0.1) is 0 Å². The molecule has 0 aliphatic heterocycles. The first-order valence-corrected chi connectivity index (χ1v) is 9.88. The zero-order chi connectivity index (χ0) is 21.6. The van der Waals surface area contributed by atoms with Crippen molar-refractivity contribution in [3.8, 4) is 17.2 Å². The first kappa shape index (κ1) is 20.5. The molecule has 0 bridgehead atoms. The van der Waals surface area contributed by atoms with E-state index in [-0.39, 0.29) is 17.6 Å². The Balaban J connectivity index is 1.40. The molecule has 0 atom stereocenters. The highest BCUT2D eigenvalue weighted by Crippen LogP contribution is 2.27. The second-order valence-corrected chi connectivity index (χ2v) is 6.92. The molecule has 0 aliphatic rings. The molecular weight excluding hydrogens is 428 g/mol. The summed E-state index contributed by atoms with van der Waals surface area (Å²) in [7, 11) is 0. The summed E-state index contributed by atoms with van der Waals surface area (Å²) >= 11 is 1.22. The topological polar surface area (TPSA) is 125 Å². The number of thioether (sulfide) groups is 1. The first-order chi connectivity index (χ1) is 15.0. The zero-order valence-electron chi connectivity index (χ0n) is 15.8. The van der Waals surface area contributed by atoms with Gasteiger partial charge in [0.25, 0.3) is 5.22 Å². The number of para-hydroxylation sites is 1. The molecule has 0 saturated heterocycles. The average Bonchev–Trinajstić information content (AvgIpc) is 3.22. The van der Waals surface area contributed by atoms with E-state index in [4.69, 9.17) is 10.2 Å². The van der Waals surface area contributed by atoms with Crippen LogP contribution in [0.5, 0.6) is 5.75 Å². The van der Waals surface area contributed by atoms with Crippen LogP contribution in [-0.4, -0.2) is 31.8 Å². The van der Waals surface area contributed by atoms with Gasteiger partial charge in [-0.05, 0) is 36.4 Å². The van der Waals surface area contributed by atoms with Gasteiger partial charge in [0.2, 0.25) is 17.8 Å². The lowest BCUT2D eigenvalue weighted by Crippen LogP contribution is -2.06. The van der Waals surface area contributed by atoms with E-state index < -0.39 is 6.61 Å². The van der Waals surface area contributed by atoms with Crippen LogP contribution in [0.3, 0.4) is 0 Å². The number of hydrogen-bond donors (Lipinski definition) is 2. The molecule has 158 valence electrons. The predicted molar refractivity (Wildman–Crippen MR) is 110 cm³/mol. The number of hydrogen-bond acceptors (Lipinski definition) is 10. The van der Waals surface area contributed by atoms with Gasteiger partial charge in [0, 0.05) is 11.3 Å². The van der Waals surface area contributed by atoms with E-state index >= 15 is 0 Å². The van der Waals surface area contributed by atoms with Crippen molar-refractivity contribution in [3.63, 3.8) is 0 Å². The molecule has 4 rings (SSSR count). The van der Waals surface area contributed by atoms with Crippen molar-refractivity contribution < 1.29 is 17.9 Å². The number of benzene rings is 2. The Hall–Kier alpha value is -3.80. The molecule has 3 N–H and O–H groups in total. The van der Waals surface area contributed by atoms with Gasteiger partial charge in [0.05, 0.1) is 5.75 Å². The van der Waals surface area contributed by atoms with Crippen molar-refractivity contribution in [2.45, 2.75) is 17.6 Å². The summed E-state index contributed by atoms with van der Waals surface area (Å²) in [6, 6.07) is 15.3. The summed E-state index contributed by atoms with van der Waals surface area (Å²) in [4.78, 5) is 12.5. The number of alkyl halides is 2. The van der Waals surface area contributed by atoms with E-state index in [1.807, 2.05) is 30.3 Å². The molecule has 0 aliphatic carbocycles. The minimum Gasteiger partial charge on any atom is -0.435 e. The summed E-state index contributed by atoms with van der Waals surface area (Å²) in [5.41, 5.74) is 7.17. The highest BCUT2D eigenvalue weighted by Gasteiger charge is 2.12. The van der Waals surface area contributed by atoms with Crippen LogP contribution >= 0.6 is 11.8 Å². The van der Waals surface area contributed by atoms with Crippen LogP contribution in [-0.2, 0) is 5.75 Å². The van der Waals surface area contributed by atoms with E-state index in [9.17, 15) is 8.78 Å². The average molecular weight is 443 g/mol. The third kappa shape index (κ3) is 5.63. The molecule has 12 heteroatoms. The Morgan fingerprint density at radius 1 is 1.00 bits per heavy atom. The van der Waals surface area contributed by atoms with Gasteiger partial charge >= 0.3 is 6.61 Å². The maximum atomic E-state index is 12.2. The number of nitrogens with one attached hydrogen (secondary N) is 1. The minimum atomic E-state index is -2.88. The quantitative estimate of drug-likeness (QED) is 0.384. The van der Waals surface area contributed by atoms with Gasteiger partial charge in [-0.25, -0.2) is 0 Å². The van der Waals surface area contributed by atoms with Crippen LogP contribution < -0.4 is 15.8 Å². The summed E-state index contributed by atoms with van der Waals surface area (Å²) in [6.07, 6.45) is 0. The number of anilines is 3. The van der Waals surface area contributed by atoms with E-state index in [0.717, 1.165) is 5.69 Å². The van der Waals surface area contributed by atoms with Crippen LogP contribution in [0.4, 0.5) is 26.4 Å². The molecule has 0 spiro atoms. The first-order valence-electron chi connectivity index (χ1n) is 8.89. The molecule has 0 radical (unpaired) electrons. The van der Waals surface area contributed by atoms with E-state index in [1.54, 1.807) is 12.1 Å². The normalized spacial score (nSPS) is 10.9. The van der Waals surface area contributed by atoms with Crippen LogP contribution in [0.2, 0.25) is 0 Å². The SMILES string of the molecule is Nc1nc(CSc2nnc(-c3ccc(OC(F)F)cc3)o2)nc(Nc2ccccc2)n1. The third-order valence-electron chi connectivity index (χ3n) is 3.79. The summed E-state index contributed by atoms with van der Waals surface area (Å²) in [5, 5.41) is 11.3. The second kappa shape index (κ2) is 9.34. The van der Waals surface area contributed by atoms with Gasteiger partial charge in [-0.2, -0.15) is 23.7 Å². The molecular formula is C19H15F2N7O2S. The monoisotopic (exact) mass is 443 g/mol. The Bertz CT molecular complexity index is 1140. The molecule has 2 heterocycles. The molecule has 2 aromatic heterocycles. The Kier molecular flexibility index (Phi) is 6.17. The highest BCUT2D eigenvalue weighted by molar-refractivity contribution is 7.98. The van der Waals surface area contributed by atoms with Crippen molar-refractivity contribution in [2.24, 2.45) is 0 Å². The number of nitrogens with zero attached hydrogens (tertiary/aromatic N) is 5. The molecule has 0 fully saturated rings. The standard InChI is InChI=1S/C19H15F2N7O2S/c20-16(21)29-13-8-6-11(7-9-13)15-27-28-19(30-15)31-10-14-24-17(22)26-18(25-14)23-12-4-2-1-3-5-12/h1-9,16H,10H2,(H3,22,23,24,25,26). The van der Waals surface area contributed by atoms with Gasteiger partial charge in [0.1, 0.15) is 11.6 Å². The van der Waals surface area contributed by atoms with E-state index in [1.165, 1.54) is 23.9 Å². The highest BCUT2D eigenvalue weighted by atomic mass is 32.2. The Labute approximate surface area is 179 Å². The number of rotatable bonds is 8. The van der Waals surface area contributed by atoms with Gasteiger partial charge in [-0.15, -0.1) is 10.2 Å². The van der Waals surface area contributed by atoms with Crippen LogP contribution in [0.15, 0.2) is 64.2 Å². The Morgan fingerprint density at radius 2 is 1.77 bits per heavy atom. The zero-order valence-corrected chi connectivity index (χ0v) is 16.6. The van der Waals surface area contributed by atoms with Crippen LogP contribution in [0.25, 0.3) is 11.5 Å². The lowest BCUT2D eigenvalue weighted by Gasteiger charge is -2.06. The van der Waals surface area contributed by atoms with Crippen molar-refractivity contribution in [1.29, 1.82) is 0 Å². The molecule has 0 amide bonds. The van der Waals surface area contributed by atoms with Crippen molar-refractivity contribution in [2.75, 3.05) is 11.1 Å². The lowest BCUT2D eigenvalue weighted by atomic mass is 10.2. The summed E-state index contributed by atoms with van der Waals surface area (Å²) < 4.78 is 34.4. The lowest BCUT2D eigenvalue weighted by molar-refractivity contribution is -0.0498. The fourth-order valence-electron chi connectivity index (χ4n) is 2.50. The Morgan fingerprint density at radius 3 is 2.52 bits per heavy atom. The fourth-order valence-corrected chi connectivity index (χ4v) is 3.12. The molecule has 0 saturated carbocycles. The number of ether oxygens (including phenoxy) is 1. The van der Waals surface area contributed by atoms with Gasteiger partial charge in [-0.1, -0.05) is 30.0 Å². The number of nitrogens with two attached hydrogens (primary N) is 1. The third-order valence-corrected chi connectivity index (χ3v) is 4.60. The van der Waals surface area contributed by atoms with E-state index in [0.29, 0.717) is 28.3 Å². The van der Waals surface area contributed by atoms with Crippen LogP contribution in [0.1, 0.15) is 5.82 Å². The van der Waals surface area contributed by atoms with Crippen molar-refractivity contribution in [3.05, 3.63) is 60.4 Å². The van der Waals surface area contributed by atoms with Crippen molar-refractivity contribution >= 4 is 29.3 Å². The smallest absolute Gasteiger partial charge is 0.387 e. The maximum absolute atomic E-state index is 12.2. The maximum Gasteiger partial charge on any atom is 0.387 e. The number of nitrogen functional groups attached to an aromatic ring is 1. The molecule has 9 nitrogen and oxygen atoms in total. The minimum absolute atomic E-state index is 0.0419. The predicted octanol–water partition coefficient (Wildman–Crippen LogP) is 4.14. The summed E-state index contributed by atoms with van der Waals surface area (Å²) in [5.74, 6) is 1.45. The molecule has 0 unspecified atom stereocenters. The van der Waals surface area contributed by atoms with Crippen molar-refractivity contribution in [1.82, 2.24) is 25.1 Å². The molecule has 2 aromatic carbocycles. The largest absolute Gasteiger partial charge is 0.435 e. The number of aromatic nitrogens is 5. The second-order valence-electron chi connectivity index (χ2n) is 5.99. The van der Waals surface area contributed by atoms with E-state index in [2.05, 4.69) is 35.2 Å². The van der Waals surface area contributed by atoms with Gasteiger partial charge in [-0.3, -0.25) is 0 Å². The van der Waals surface area contributed by atoms with Gasteiger partial charge < -0.3 is 20.2 Å². The number of halogens is 2. The molecule has 31 heavy (non-hydrogen) atoms. The summed E-state index contributed by atoms with van der Waals surface area (Å²) in [6.45, 7) is -2.88. The fraction of sp³-hybridized carbons (Fsp3) is 0.105. The van der Waals surface area contributed by atoms with Gasteiger partial charge in [0.15, 0.2) is 0 Å².